The summed E-state index contributed by atoms with van der Waals surface area (Å²) in [4.78, 5) is 0. The molecule has 0 saturated carbocycles. The van der Waals surface area contributed by atoms with E-state index in [0.29, 0.717) is 0 Å². The monoisotopic (exact) mass is 250 g/mol. The smallest absolute Gasteiger partial charge is 0.194 e. The zero-order valence-corrected chi connectivity index (χ0v) is 8.34. The van der Waals surface area contributed by atoms with Crippen LogP contribution in [0.3, 0.4) is 0 Å². The first-order valence-corrected chi connectivity index (χ1v) is 4.32. The molecule has 3 N–H and O–H groups in total. The maximum atomic E-state index is 13.2. The Morgan fingerprint density at radius 3 is 2.46 bits per heavy atom. The van der Waals surface area contributed by atoms with Gasteiger partial charge in [0.25, 0.3) is 0 Å². The molecule has 0 bridgehead atoms. The number of phenols is 2. The van der Waals surface area contributed by atoms with E-state index in [-0.39, 0.29) is 10.0 Å². The van der Waals surface area contributed by atoms with E-state index in [0.717, 1.165) is 6.07 Å². The number of phenolic OH excluding ortho intramolecular Hbond substituents is 2. The quantitative estimate of drug-likeness (QED) is 0.669. The summed E-state index contributed by atoms with van der Waals surface area (Å²) in [7, 11) is 0. The average Bonchev–Trinajstić information content (AvgIpc) is 1.99. The molecule has 0 aromatic heterocycles. The van der Waals surface area contributed by atoms with Gasteiger partial charge in [-0.3, -0.25) is 0 Å². The van der Waals surface area contributed by atoms with Gasteiger partial charge in [-0.05, 0) is 13.0 Å². The number of benzene rings is 1. The van der Waals surface area contributed by atoms with Crippen molar-refractivity contribution in [1.29, 1.82) is 0 Å². The third-order valence-corrected chi connectivity index (χ3v) is 2.28. The van der Waals surface area contributed by atoms with Crippen LogP contribution in [0.5, 0.6) is 11.5 Å². The highest BCUT2D eigenvalue weighted by atomic mass is 79.9. The molecule has 0 saturated heterocycles. The van der Waals surface area contributed by atoms with E-state index in [1.54, 1.807) is 0 Å². The van der Waals surface area contributed by atoms with Crippen molar-refractivity contribution in [3.05, 3.63) is 21.9 Å². The summed E-state index contributed by atoms with van der Waals surface area (Å²) in [5, 5.41) is 27.1. The molecule has 72 valence electrons. The molecule has 13 heavy (non-hydrogen) atoms. The molecular weight excluding hydrogens is 243 g/mol. The lowest BCUT2D eigenvalue weighted by Gasteiger charge is -2.10. The summed E-state index contributed by atoms with van der Waals surface area (Å²) in [5.74, 6) is -2.42. The molecule has 0 amide bonds. The normalized spacial score (nSPS) is 12.9. The van der Waals surface area contributed by atoms with Crippen LogP contribution in [0.1, 0.15) is 18.6 Å². The maximum absolute atomic E-state index is 13.2. The number of aliphatic hydroxyl groups is 1. The van der Waals surface area contributed by atoms with E-state index >= 15 is 0 Å². The third-order valence-electron chi connectivity index (χ3n) is 1.63. The highest BCUT2D eigenvalue weighted by Gasteiger charge is 2.19. The first-order valence-electron chi connectivity index (χ1n) is 3.53. The predicted molar refractivity (Wildman–Crippen MR) is 48.1 cm³/mol. The summed E-state index contributed by atoms with van der Waals surface area (Å²) in [6, 6.07) is 1.13. The zero-order chi connectivity index (χ0) is 10.2. The second-order valence-corrected chi connectivity index (χ2v) is 3.48. The average molecular weight is 251 g/mol. The largest absolute Gasteiger partial charge is 0.504 e. The first kappa shape index (κ1) is 10.3. The van der Waals surface area contributed by atoms with Gasteiger partial charge in [0.05, 0.1) is 6.10 Å². The Balaban J connectivity index is 3.44. The van der Waals surface area contributed by atoms with Gasteiger partial charge in [0.15, 0.2) is 17.3 Å². The summed E-state index contributed by atoms with van der Waals surface area (Å²) >= 11 is 2.96. The van der Waals surface area contributed by atoms with Gasteiger partial charge in [0.2, 0.25) is 0 Å². The van der Waals surface area contributed by atoms with Gasteiger partial charge >= 0.3 is 0 Å². The van der Waals surface area contributed by atoms with Crippen molar-refractivity contribution in [2.75, 3.05) is 0 Å². The lowest BCUT2D eigenvalue weighted by Crippen LogP contribution is -1.97. The third kappa shape index (κ3) is 1.76. The molecule has 5 heteroatoms. The SMILES string of the molecule is CC(O)c1c(Br)cc(O)c(O)c1F. The van der Waals surface area contributed by atoms with Crippen molar-refractivity contribution in [3.63, 3.8) is 0 Å². The van der Waals surface area contributed by atoms with Crippen molar-refractivity contribution in [3.8, 4) is 11.5 Å². The Morgan fingerprint density at radius 2 is 2.00 bits per heavy atom. The van der Waals surface area contributed by atoms with Gasteiger partial charge in [-0.25, -0.2) is 4.39 Å². The molecule has 0 aliphatic heterocycles. The molecule has 1 aromatic carbocycles. The second kappa shape index (κ2) is 3.51. The molecule has 0 aliphatic rings. The van der Waals surface area contributed by atoms with Crippen LogP contribution in [-0.2, 0) is 0 Å². The van der Waals surface area contributed by atoms with E-state index < -0.39 is 23.4 Å². The van der Waals surface area contributed by atoms with Crippen molar-refractivity contribution in [2.24, 2.45) is 0 Å². The number of halogens is 2. The van der Waals surface area contributed by atoms with E-state index in [1.807, 2.05) is 0 Å². The van der Waals surface area contributed by atoms with E-state index in [2.05, 4.69) is 15.9 Å². The van der Waals surface area contributed by atoms with Crippen LogP contribution in [0.25, 0.3) is 0 Å². The highest BCUT2D eigenvalue weighted by molar-refractivity contribution is 9.10. The minimum atomic E-state index is -1.05. The van der Waals surface area contributed by atoms with Crippen LogP contribution in [0.15, 0.2) is 10.5 Å². The molecular formula is C8H8BrFO3. The molecule has 0 fully saturated rings. The number of hydrogen-bond acceptors (Lipinski definition) is 3. The fourth-order valence-electron chi connectivity index (χ4n) is 0.994. The summed E-state index contributed by atoms with van der Waals surface area (Å²) in [6.45, 7) is 1.36. The van der Waals surface area contributed by atoms with Crippen LogP contribution >= 0.6 is 15.9 Å². The zero-order valence-electron chi connectivity index (χ0n) is 6.75. The fourth-order valence-corrected chi connectivity index (χ4v) is 1.72. The summed E-state index contributed by atoms with van der Waals surface area (Å²) < 4.78 is 13.4. The molecule has 0 aliphatic carbocycles. The number of aliphatic hydroxyl groups excluding tert-OH is 1. The lowest BCUT2D eigenvalue weighted by atomic mass is 10.1. The lowest BCUT2D eigenvalue weighted by molar-refractivity contribution is 0.191. The maximum Gasteiger partial charge on any atom is 0.194 e. The van der Waals surface area contributed by atoms with Crippen LogP contribution in [0.4, 0.5) is 4.39 Å². The van der Waals surface area contributed by atoms with Gasteiger partial charge < -0.3 is 15.3 Å². The second-order valence-electron chi connectivity index (χ2n) is 2.63. The molecule has 1 rings (SSSR count). The van der Waals surface area contributed by atoms with Crippen LogP contribution in [0.2, 0.25) is 0 Å². The Hall–Kier alpha value is -0.810. The van der Waals surface area contributed by atoms with Crippen molar-refractivity contribution < 1.29 is 19.7 Å². The molecule has 0 spiro atoms. The van der Waals surface area contributed by atoms with Crippen LogP contribution in [-0.4, -0.2) is 15.3 Å². The molecule has 1 unspecified atom stereocenters. The molecule has 0 heterocycles. The van der Waals surface area contributed by atoms with Gasteiger partial charge in [-0.1, -0.05) is 15.9 Å². The van der Waals surface area contributed by atoms with Gasteiger partial charge in [0.1, 0.15) is 0 Å². The van der Waals surface area contributed by atoms with Crippen molar-refractivity contribution >= 4 is 15.9 Å². The minimum Gasteiger partial charge on any atom is -0.504 e. The Bertz CT molecular complexity index is 339. The Labute approximate surface area is 82.6 Å². The molecule has 3 nitrogen and oxygen atoms in total. The van der Waals surface area contributed by atoms with Gasteiger partial charge in [0, 0.05) is 10.0 Å². The summed E-state index contributed by atoms with van der Waals surface area (Å²) in [5.41, 5.74) is -0.0738. The highest BCUT2D eigenvalue weighted by Crippen LogP contribution is 2.37. The number of hydrogen-bond donors (Lipinski definition) is 3. The molecule has 0 radical (unpaired) electrons. The van der Waals surface area contributed by atoms with Gasteiger partial charge in [-0.15, -0.1) is 0 Å². The predicted octanol–water partition coefficient (Wildman–Crippen LogP) is 2.05. The van der Waals surface area contributed by atoms with Crippen molar-refractivity contribution in [1.82, 2.24) is 0 Å². The standard InChI is InChI=1S/C8H8BrFO3/c1-3(11)6-4(9)2-5(12)8(13)7(6)10/h2-3,11-13H,1H3. The van der Waals surface area contributed by atoms with E-state index in [9.17, 15) is 4.39 Å². The van der Waals surface area contributed by atoms with E-state index in [1.165, 1.54) is 6.92 Å². The number of rotatable bonds is 1. The fraction of sp³-hybridized carbons (Fsp3) is 0.250. The Kier molecular flexibility index (Phi) is 2.77. The van der Waals surface area contributed by atoms with Crippen molar-refractivity contribution in [2.45, 2.75) is 13.0 Å². The van der Waals surface area contributed by atoms with Crippen LogP contribution in [0, 0.1) is 5.82 Å². The van der Waals surface area contributed by atoms with Gasteiger partial charge in [-0.2, -0.15) is 0 Å². The topological polar surface area (TPSA) is 60.7 Å². The first-order chi connectivity index (χ1) is 5.95. The Morgan fingerprint density at radius 1 is 1.46 bits per heavy atom. The van der Waals surface area contributed by atoms with E-state index in [4.69, 9.17) is 15.3 Å². The number of aromatic hydroxyl groups is 2. The molecule has 1 aromatic rings. The summed E-state index contributed by atoms with van der Waals surface area (Å²) in [6.07, 6.45) is -1.05. The van der Waals surface area contributed by atoms with Crippen LogP contribution < -0.4 is 0 Å². The molecule has 1 atom stereocenters. The minimum absolute atomic E-state index is 0.0738.